The van der Waals surface area contributed by atoms with Gasteiger partial charge in [-0.05, 0) is 44.9 Å². The van der Waals surface area contributed by atoms with Gasteiger partial charge in [0.1, 0.15) is 0 Å². The van der Waals surface area contributed by atoms with Crippen LogP contribution in [0.2, 0.25) is 0 Å². The minimum absolute atomic E-state index is 0.0708. The van der Waals surface area contributed by atoms with E-state index in [4.69, 9.17) is 0 Å². The summed E-state index contributed by atoms with van der Waals surface area (Å²) in [6, 6.07) is 5.11. The normalized spacial score (nSPS) is 15.4. The average Bonchev–Trinajstić information content (AvgIpc) is 3.24. The van der Waals surface area contributed by atoms with Gasteiger partial charge in [-0.15, -0.1) is 0 Å². The lowest BCUT2D eigenvalue weighted by atomic mass is 10.2. The number of aryl methyl sites for hydroxylation is 2. The van der Waals surface area contributed by atoms with Crippen molar-refractivity contribution in [3.05, 3.63) is 41.5 Å². The van der Waals surface area contributed by atoms with Crippen LogP contribution in [0.15, 0.2) is 29.4 Å². The number of nitrogens with one attached hydrogen (secondary N) is 1. The monoisotopic (exact) mass is 359 g/mol. The van der Waals surface area contributed by atoms with Crippen molar-refractivity contribution in [3.8, 4) is 0 Å². The second-order valence-corrected chi connectivity index (χ2v) is 8.53. The number of aromatic amines is 1. The molecule has 0 aliphatic heterocycles. The summed E-state index contributed by atoms with van der Waals surface area (Å²) in [6.45, 7) is 4.26. The minimum atomic E-state index is -3.58. The van der Waals surface area contributed by atoms with Crippen molar-refractivity contribution < 1.29 is 8.42 Å². The fraction of sp³-hybridized carbons (Fsp3) is 0.412. The molecule has 4 rings (SSSR count). The smallest absolute Gasteiger partial charge is 0.243 e. The van der Waals surface area contributed by atoms with E-state index in [1.54, 1.807) is 33.5 Å². The van der Waals surface area contributed by atoms with Gasteiger partial charge in [0.15, 0.2) is 0 Å². The lowest BCUT2D eigenvalue weighted by molar-refractivity contribution is 0.397. The predicted octanol–water partition coefficient (Wildman–Crippen LogP) is 2.27. The van der Waals surface area contributed by atoms with Crippen molar-refractivity contribution in [1.82, 2.24) is 24.1 Å². The number of H-pyrrole nitrogens is 1. The van der Waals surface area contributed by atoms with Gasteiger partial charge in [-0.2, -0.15) is 9.40 Å². The Bertz CT molecular complexity index is 1050. The number of hydrogen-bond donors (Lipinski definition) is 1. The molecule has 1 aliphatic carbocycles. The zero-order valence-electron chi connectivity index (χ0n) is 14.5. The Kier molecular flexibility index (Phi) is 3.69. The van der Waals surface area contributed by atoms with E-state index in [0.717, 1.165) is 40.8 Å². The fourth-order valence-electron chi connectivity index (χ4n) is 3.19. The van der Waals surface area contributed by atoms with Gasteiger partial charge in [-0.3, -0.25) is 4.68 Å². The Balaban J connectivity index is 1.74. The summed E-state index contributed by atoms with van der Waals surface area (Å²) in [7, 11) is -1.70. The van der Waals surface area contributed by atoms with E-state index in [1.165, 1.54) is 0 Å². The molecule has 0 amide bonds. The molecule has 2 heterocycles. The van der Waals surface area contributed by atoms with E-state index in [1.807, 2.05) is 20.9 Å². The van der Waals surface area contributed by atoms with E-state index in [0.29, 0.717) is 11.4 Å². The number of nitrogens with zero attached hydrogens (tertiary/aromatic N) is 4. The molecule has 1 fully saturated rings. The lowest BCUT2D eigenvalue weighted by Gasteiger charge is -2.22. The lowest BCUT2D eigenvalue weighted by Crippen LogP contribution is -2.33. The highest BCUT2D eigenvalue weighted by molar-refractivity contribution is 7.89. The van der Waals surface area contributed by atoms with E-state index in [9.17, 15) is 8.42 Å². The van der Waals surface area contributed by atoms with Crippen LogP contribution in [-0.2, 0) is 23.6 Å². The molecule has 8 heteroatoms. The van der Waals surface area contributed by atoms with Crippen LogP contribution in [0, 0.1) is 13.8 Å². The maximum absolute atomic E-state index is 13.3. The number of rotatable bonds is 5. The standard InChI is InChI=1S/C17H21N5O2S/c1-11-15(12(2)21(3)20-11)9-22(13-4-5-13)25(23,24)14-6-7-16-17(8-14)19-10-18-16/h6-8,10,13H,4-5,9H2,1-3H3,(H,18,19). The molecular formula is C17H21N5O2S. The van der Waals surface area contributed by atoms with Gasteiger partial charge in [-0.1, -0.05) is 0 Å². The Labute approximate surface area is 146 Å². The molecular weight excluding hydrogens is 338 g/mol. The van der Waals surface area contributed by atoms with Crippen molar-refractivity contribution in [3.63, 3.8) is 0 Å². The number of hydrogen-bond acceptors (Lipinski definition) is 4. The fourth-order valence-corrected chi connectivity index (χ4v) is 4.87. The molecule has 132 valence electrons. The SMILES string of the molecule is Cc1nn(C)c(C)c1CN(C1CC1)S(=O)(=O)c1ccc2nc[nH]c2c1. The van der Waals surface area contributed by atoms with Crippen molar-refractivity contribution in [2.24, 2.45) is 7.05 Å². The van der Waals surface area contributed by atoms with E-state index in [-0.39, 0.29) is 6.04 Å². The maximum atomic E-state index is 13.3. The maximum Gasteiger partial charge on any atom is 0.243 e. The average molecular weight is 359 g/mol. The summed E-state index contributed by atoms with van der Waals surface area (Å²) in [5.74, 6) is 0. The van der Waals surface area contributed by atoms with Gasteiger partial charge in [0.05, 0.1) is 28.0 Å². The zero-order valence-corrected chi connectivity index (χ0v) is 15.3. The number of fused-ring (bicyclic) bond motifs is 1. The summed E-state index contributed by atoms with van der Waals surface area (Å²) >= 11 is 0. The van der Waals surface area contributed by atoms with Crippen LogP contribution in [0.3, 0.4) is 0 Å². The first-order valence-corrected chi connectivity index (χ1v) is 9.76. The Morgan fingerprint density at radius 2 is 2.08 bits per heavy atom. The molecule has 25 heavy (non-hydrogen) atoms. The van der Waals surface area contributed by atoms with Crippen molar-refractivity contribution >= 4 is 21.1 Å². The van der Waals surface area contributed by atoms with E-state index >= 15 is 0 Å². The number of aromatic nitrogens is 4. The first-order valence-electron chi connectivity index (χ1n) is 8.32. The molecule has 1 aromatic carbocycles. The molecule has 1 N–H and O–H groups in total. The Hall–Kier alpha value is -2.19. The van der Waals surface area contributed by atoms with Crippen LogP contribution in [0.25, 0.3) is 11.0 Å². The third-order valence-corrected chi connectivity index (χ3v) is 6.82. The highest BCUT2D eigenvalue weighted by atomic mass is 32.2. The first kappa shape index (κ1) is 16.3. The number of sulfonamides is 1. The molecule has 0 saturated heterocycles. The number of imidazole rings is 1. The van der Waals surface area contributed by atoms with E-state index < -0.39 is 10.0 Å². The van der Waals surface area contributed by atoms with Gasteiger partial charge in [0.2, 0.25) is 10.0 Å². The highest BCUT2D eigenvalue weighted by Gasteiger charge is 2.39. The van der Waals surface area contributed by atoms with Gasteiger partial charge in [0, 0.05) is 30.9 Å². The van der Waals surface area contributed by atoms with Gasteiger partial charge in [0.25, 0.3) is 0 Å². The zero-order chi connectivity index (χ0) is 17.8. The summed E-state index contributed by atoms with van der Waals surface area (Å²) in [4.78, 5) is 7.43. The summed E-state index contributed by atoms with van der Waals surface area (Å²) in [5, 5.41) is 4.41. The molecule has 1 saturated carbocycles. The molecule has 1 aliphatic rings. The highest BCUT2D eigenvalue weighted by Crippen LogP contribution is 2.34. The Morgan fingerprint density at radius 1 is 1.32 bits per heavy atom. The minimum Gasteiger partial charge on any atom is -0.345 e. The second-order valence-electron chi connectivity index (χ2n) is 6.64. The molecule has 0 spiro atoms. The molecule has 0 bridgehead atoms. The third-order valence-electron chi connectivity index (χ3n) is 4.93. The van der Waals surface area contributed by atoms with Crippen molar-refractivity contribution in [2.45, 2.75) is 44.2 Å². The first-order chi connectivity index (χ1) is 11.9. The third kappa shape index (κ3) is 2.75. The van der Waals surface area contributed by atoms with Crippen molar-refractivity contribution in [1.29, 1.82) is 0 Å². The largest absolute Gasteiger partial charge is 0.345 e. The molecule has 3 aromatic rings. The van der Waals surface area contributed by atoms with Gasteiger partial charge >= 0.3 is 0 Å². The Morgan fingerprint density at radius 3 is 2.72 bits per heavy atom. The second kappa shape index (κ2) is 5.67. The molecule has 0 unspecified atom stereocenters. The predicted molar refractivity (Wildman–Crippen MR) is 94.5 cm³/mol. The van der Waals surface area contributed by atoms with Gasteiger partial charge in [-0.25, -0.2) is 13.4 Å². The molecule has 7 nitrogen and oxygen atoms in total. The van der Waals surface area contributed by atoms with Crippen LogP contribution < -0.4 is 0 Å². The van der Waals surface area contributed by atoms with Crippen molar-refractivity contribution in [2.75, 3.05) is 0 Å². The van der Waals surface area contributed by atoms with Crippen LogP contribution >= 0.6 is 0 Å². The van der Waals surface area contributed by atoms with E-state index in [2.05, 4.69) is 15.1 Å². The summed E-state index contributed by atoms with van der Waals surface area (Å²) in [5.41, 5.74) is 4.36. The molecule has 2 aromatic heterocycles. The summed E-state index contributed by atoms with van der Waals surface area (Å²) < 4.78 is 30.0. The quantitative estimate of drug-likeness (QED) is 0.757. The summed E-state index contributed by atoms with van der Waals surface area (Å²) in [6.07, 6.45) is 3.38. The van der Waals surface area contributed by atoms with Crippen LogP contribution in [0.4, 0.5) is 0 Å². The number of benzene rings is 1. The van der Waals surface area contributed by atoms with Crippen LogP contribution in [-0.4, -0.2) is 38.5 Å². The van der Waals surface area contributed by atoms with Gasteiger partial charge < -0.3 is 4.98 Å². The topological polar surface area (TPSA) is 83.9 Å². The molecule has 0 atom stereocenters. The van der Waals surface area contributed by atoms with Crippen LogP contribution in [0.1, 0.15) is 29.8 Å². The molecule has 0 radical (unpaired) electrons. The van der Waals surface area contributed by atoms with Crippen LogP contribution in [0.5, 0.6) is 0 Å².